The molecule has 0 saturated carbocycles. The predicted octanol–water partition coefficient (Wildman–Crippen LogP) is 3.28. The van der Waals surface area contributed by atoms with Crippen LogP contribution in [0.15, 0.2) is 35.2 Å². The highest BCUT2D eigenvalue weighted by molar-refractivity contribution is 9.10. The molecule has 0 spiro atoms. The first-order valence-electron chi connectivity index (χ1n) is 5.38. The van der Waals surface area contributed by atoms with Crippen LogP contribution in [0, 0.1) is 6.92 Å². The van der Waals surface area contributed by atoms with Crippen molar-refractivity contribution in [1.82, 2.24) is 9.55 Å². The zero-order chi connectivity index (χ0) is 11.5. The van der Waals surface area contributed by atoms with E-state index in [4.69, 9.17) is 0 Å². The van der Waals surface area contributed by atoms with Gasteiger partial charge in [-0.3, -0.25) is 0 Å². The largest absolute Gasteiger partial charge is 0.328 e. The molecule has 0 bridgehead atoms. The van der Waals surface area contributed by atoms with Crippen molar-refractivity contribution < 1.29 is 0 Å². The fourth-order valence-corrected chi connectivity index (χ4v) is 2.17. The molecule has 0 aliphatic carbocycles. The summed E-state index contributed by atoms with van der Waals surface area (Å²) in [5.41, 5.74) is 3.89. The summed E-state index contributed by atoms with van der Waals surface area (Å²) in [6.45, 7) is 2.16. The summed E-state index contributed by atoms with van der Waals surface area (Å²) in [4.78, 5) is 4.38. The number of aromatic nitrogens is 2. The molecule has 0 unspecified atom stereocenters. The lowest BCUT2D eigenvalue weighted by atomic mass is 10.0. The van der Waals surface area contributed by atoms with Gasteiger partial charge in [0.2, 0.25) is 0 Å². The van der Waals surface area contributed by atoms with Crippen LogP contribution in [0.3, 0.4) is 0 Å². The van der Waals surface area contributed by atoms with Crippen LogP contribution < -0.4 is 0 Å². The van der Waals surface area contributed by atoms with Crippen molar-refractivity contribution in [3.8, 4) is 0 Å². The molecule has 0 aliphatic heterocycles. The highest BCUT2D eigenvalue weighted by atomic mass is 79.9. The molecule has 16 heavy (non-hydrogen) atoms. The molecule has 0 radical (unpaired) electrons. The number of nitrogens with zero attached hydrogens (tertiary/aromatic N) is 2. The second-order valence-corrected chi connectivity index (χ2v) is 4.77. The molecule has 3 heteroatoms. The third kappa shape index (κ3) is 2.35. The average molecular weight is 279 g/mol. The predicted molar refractivity (Wildman–Crippen MR) is 69.5 cm³/mol. The minimum atomic E-state index is 0.978. The first-order chi connectivity index (χ1) is 7.68. The fourth-order valence-electron chi connectivity index (χ4n) is 1.78. The second-order valence-electron chi connectivity index (χ2n) is 4.02. The Labute approximate surface area is 104 Å². The van der Waals surface area contributed by atoms with Crippen LogP contribution in [0.4, 0.5) is 0 Å². The topological polar surface area (TPSA) is 17.8 Å². The second kappa shape index (κ2) is 4.83. The normalized spacial score (nSPS) is 10.7. The van der Waals surface area contributed by atoms with Gasteiger partial charge in [0.25, 0.3) is 0 Å². The Balaban J connectivity index is 2.08. The maximum Gasteiger partial charge on any atom is 0.107 e. The van der Waals surface area contributed by atoms with E-state index in [-0.39, 0.29) is 0 Å². The lowest BCUT2D eigenvalue weighted by Gasteiger charge is -2.04. The molecule has 0 saturated heterocycles. The van der Waals surface area contributed by atoms with Gasteiger partial charge in [-0.25, -0.2) is 4.98 Å². The molecular formula is C13H15BrN2. The van der Waals surface area contributed by atoms with Gasteiger partial charge in [0, 0.05) is 7.05 Å². The standard InChI is InChI=1S/C13H15BrN2/c1-10-5-3-4-6-11(10)7-8-12-13(14)16(2)9-15-12/h3-6,9H,7-8H2,1-2H3. The van der Waals surface area contributed by atoms with E-state index in [2.05, 4.69) is 52.1 Å². The van der Waals surface area contributed by atoms with Crippen LogP contribution >= 0.6 is 15.9 Å². The molecule has 2 aromatic rings. The highest BCUT2D eigenvalue weighted by Gasteiger charge is 2.06. The van der Waals surface area contributed by atoms with E-state index in [0.29, 0.717) is 0 Å². The van der Waals surface area contributed by atoms with E-state index >= 15 is 0 Å². The van der Waals surface area contributed by atoms with Gasteiger partial charge in [0.1, 0.15) is 4.60 Å². The monoisotopic (exact) mass is 278 g/mol. The summed E-state index contributed by atoms with van der Waals surface area (Å²) in [5, 5.41) is 0. The van der Waals surface area contributed by atoms with Gasteiger partial charge >= 0.3 is 0 Å². The van der Waals surface area contributed by atoms with Gasteiger partial charge in [0.15, 0.2) is 0 Å². The SMILES string of the molecule is Cc1ccccc1CCc1ncn(C)c1Br. The van der Waals surface area contributed by atoms with Gasteiger partial charge < -0.3 is 4.57 Å². The van der Waals surface area contributed by atoms with Crippen LogP contribution in [0.2, 0.25) is 0 Å². The molecule has 0 N–H and O–H groups in total. The van der Waals surface area contributed by atoms with Crippen molar-refractivity contribution in [1.29, 1.82) is 0 Å². The quantitative estimate of drug-likeness (QED) is 0.843. The van der Waals surface area contributed by atoms with Crippen molar-refractivity contribution in [3.05, 3.63) is 52.0 Å². The van der Waals surface area contributed by atoms with Crippen LogP contribution in [0.5, 0.6) is 0 Å². The summed E-state index contributed by atoms with van der Waals surface area (Å²) in [6.07, 6.45) is 3.87. The lowest BCUT2D eigenvalue weighted by Crippen LogP contribution is -1.95. The van der Waals surface area contributed by atoms with Gasteiger partial charge in [-0.05, 0) is 46.8 Å². The molecule has 84 valence electrons. The molecule has 0 aliphatic rings. The van der Waals surface area contributed by atoms with E-state index in [0.717, 1.165) is 23.1 Å². The van der Waals surface area contributed by atoms with E-state index in [1.54, 1.807) is 0 Å². The maximum atomic E-state index is 4.38. The smallest absolute Gasteiger partial charge is 0.107 e. The Kier molecular flexibility index (Phi) is 3.44. The van der Waals surface area contributed by atoms with Crippen molar-refractivity contribution in [2.75, 3.05) is 0 Å². The van der Waals surface area contributed by atoms with Gasteiger partial charge in [0.05, 0.1) is 12.0 Å². The Morgan fingerprint density at radius 3 is 2.62 bits per heavy atom. The van der Waals surface area contributed by atoms with Gasteiger partial charge in [-0.2, -0.15) is 0 Å². The zero-order valence-corrected chi connectivity index (χ0v) is 11.2. The molecule has 1 aromatic carbocycles. The third-order valence-electron chi connectivity index (χ3n) is 2.83. The molecule has 0 fully saturated rings. The number of hydrogen-bond donors (Lipinski definition) is 0. The van der Waals surface area contributed by atoms with E-state index in [1.165, 1.54) is 11.1 Å². The Bertz CT molecular complexity index is 488. The van der Waals surface area contributed by atoms with Crippen LogP contribution in [0.1, 0.15) is 16.8 Å². The number of imidazole rings is 1. The molecule has 1 aromatic heterocycles. The van der Waals surface area contributed by atoms with E-state index in [1.807, 2.05) is 17.9 Å². The van der Waals surface area contributed by atoms with Crippen molar-refractivity contribution in [2.24, 2.45) is 7.05 Å². The lowest BCUT2D eigenvalue weighted by molar-refractivity contribution is 0.875. The van der Waals surface area contributed by atoms with Crippen molar-refractivity contribution >= 4 is 15.9 Å². The number of aryl methyl sites for hydroxylation is 4. The summed E-state index contributed by atoms with van der Waals surface area (Å²) >= 11 is 3.54. The number of benzene rings is 1. The van der Waals surface area contributed by atoms with Crippen LogP contribution in [-0.2, 0) is 19.9 Å². The molecule has 2 rings (SSSR count). The average Bonchev–Trinajstić information content (AvgIpc) is 2.59. The fraction of sp³-hybridized carbons (Fsp3) is 0.308. The number of halogens is 1. The minimum absolute atomic E-state index is 0.978. The highest BCUT2D eigenvalue weighted by Crippen LogP contribution is 2.17. The first kappa shape index (κ1) is 11.4. The van der Waals surface area contributed by atoms with Crippen LogP contribution in [-0.4, -0.2) is 9.55 Å². The summed E-state index contributed by atoms with van der Waals surface area (Å²) in [5.74, 6) is 0. The number of hydrogen-bond acceptors (Lipinski definition) is 1. The minimum Gasteiger partial charge on any atom is -0.328 e. The first-order valence-corrected chi connectivity index (χ1v) is 6.18. The maximum absolute atomic E-state index is 4.38. The Morgan fingerprint density at radius 2 is 2.00 bits per heavy atom. The van der Waals surface area contributed by atoms with E-state index in [9.17, 15) is 0 Å². The van der Waals surface area contributed by atoms with Gasteiger partial charge in [-0.1, -0.05) is 24.3 Å². The molecular weight excluding hydrogens is 264 g/mol. The molecule has 1 heterocycles. The summed E-state index contributed by atoms with van der Waals surface area (Å²) < 4.78 is 3.08. The Morgan fingerprint density at radius 1 is 1.25 bits per heavy atom. The molecule has 0 amide bonds. The summed E-state index contributed by atoms with van der Waals surface area (Å²) in [7, 11) is 1.99. The van der Waals surface area contributed by atoms with E-state index < -0.39 is 0 Å². The third-order valence-corrected chi connectivity index (χ3v) is 3.84. The Hall–Kier alpha value is -1.09. The van der Waals surface area contributed by atoms with Crippen molar-refractivity contribution in [2.45, 2.75) is 19.8 Å². The number of rotatable bonds is 3. The van der Waals surface area contributed by atoms with Gasteiger partial charge in [-0.15, -0.1) is 0 Å². The molecule has 2 nitrogen and oxygen atoms in total. The van der Waals surface area contributed by atoms with Crippen molar-refractivity contribution in [3.63, 3.8) is 0 Å². The zero-order valence-electron chi connectivity index (χ0n) is 9.57. The molecule has 0 atom stereocenters. The summed E-state index contributed by atoms with van der Waals surface area (Å²) in [6, 6.07) is 8.51. The van der Waals surface area contributed by atoms with Crippen LogP contribution in [0.25, 0.3) is 0 Å².